The lowest BCUT2D eigenvalue weighted by Crippen LogP contribution is -2.39. The summed E-state index contributed by atoms with van der Waals surface area (Å²) in [6, 6.07) is 7.30. The molecule has 86 valence electrons. The molecule has 0 aliphatic carbocycles. The zero-order chi connectivity index (χ0) is 11.4. The second kappa shape index (κ2) is 5.12. The molecule has 1 atom stereocenters. The van der Waals surface area contributed by atoms with Crippen molar-refractivity contribution in [3.05, 3.63) is 29.8 Å². The third kappa shape index (κ3) is 2.61. The van der Waals surface area contributed by atoms with E-state index in [1.165, 1.54) is 0 Å². The summed E-state index contributed by atoms with van der Waals surface area (Å²) in [5.74, 6) is 0.289. The van der Waals surface area contributed by atoms with Crippen LogP contribution in [0.25, 0.3) is 0 Å². The predicted molar refractivity (Wildman–Crippen MR) is 62.2 cm³/mol. The van der Waals surface area contributed by atoms with E-state index in [4.69, 9.17) is 0 Å². The number of nitrogens with zero attached hydrogens (tertiary/aromatic N) is 1. The van der Waals surface area contributed by atoms with Crippen molar-refractivity contribution in [3.63, 3.8) is 0 Å². The maximum absolute atomic E-state index is 10.9. The Morgan fingerprint density at radius 1 is 1.44 bits per heavy atom. The number of piperidine rings is 1. The molecule has 0 aromatic heterocycles. The first kappa shape index (κ1) is 11.1. The van der Waals surface area contributed by atoms with Gasteiger partial charge in [-0.3, -0.25) is 4.90 Å². The average molecular weight is 219 g/mol. The predicted octanol–water partition coefficient (Wildman–Crippen LogP) is 1.95. The highest BCUT2D eigenvalue weighted by Gasteiger charge is 2.21. The molecule has 3 heteroatoms. The highest BCUT2D eigenvalue weighted by Crippen LogP contribution is 2.19. The molecular weight excluding hydrogens is 202 g/mol. The van der Waals surface area contributed by atoms with Crippen LogP contribution in [0.1, 0.15) is 24.8 Å². The second-order valence-electron chi connectivity index (χ2n) is 4.34. The van der Waals surface area contributed by atoms with Crippen LogP contribution < -0.4 is 0 Å². The monoisotopic (exact) mass is 219 g/mol. The van der Waals surface area contributed by atoms with E-state index in [-0.39, 0.29) is 11.8 Å². The molecule has 3 nitrogen and oxygen atoms in total. The van der Waals surface area contributed by atoms with Crippen molar-refractivity contribution in [3.8, 4) is 5.75 Å². The average Bonchev–Trinajstić information content (AvgIpc) is 2.30. The topological polar surface area (TPSA) is 40.5 Å². The summed E-state index contributed by atoms with van der Waals surface area (Å²) in [7, 11) is 0. The van der Waals surface area contributed by atoms with Crippen molar-refractivity contribution in [2.24, 2.45) is 0 Å². The van der Waals surface area contributed by atoms with Crippen molar-refractivity contribution in [1.82, 2.24) is 4.90 Å². The molecule has 0 radical (unpaired) electrons. The molecule has 1 N–H and O–H groups in total. The van der Waals surface area contributed by atoms with Crippen LogP contribution in [0.4, 0.5) is 0 Å². The Balaban J connectivity index is 2.04. The molecule has 1 saturated heterocycles. The molecule has 1 aliphatic rings. The van der Waals surface area contributed by atoms with E-state index in [0.717, 1.165) is 44.2 Å². The smallest absolute Gasteiger partial charge is 0.137 e. The molecule has 1 unspecified atom stereocenters. The molecule has 16 heavy (non-hydrogen) atoms. The molecule has 2 rings (SSSR count). The second-order valence-corrected chi connectivity index (χ2v) is 4.34. The van der Waals surface area contributed by atoms with Crippen molar-refractivity contribution in [2.45, 2.75) is 31.8 Å². The highest BCUT2D eigenvalue weighted by molar-refractivity contribution is 5.57. The summed E-state index contributed by atoms with van der Waals surface area (Å²) in [5.41, 5.74) is 1.06. The lowest BCUT2D eigenvalue weighted by molar-refractivity contribution is -0.113. The third-order valence-electron chi connectivity index (χ3n) is 3.12. The van der Waals surface area contributed by atoms with Gasteiger partial charge in [-0.15, -0.1) is 0 Å². The number of carbonyl (C=O) groups is 1. The quantitative estimate of drug-likeness (QED) is 0.790. The number of hydrogen-bond acceptors (Lipinski definition) is 3. The van der Waals surface area contributed by atoms with Crippen LogP contribution in [0.15, 0.2) is 24.3 Å². The van der Waals surface area contributed by atoms with Crippen LogP contribution in [0, 0.1) is 0 Å². The van der Waals surface area contributed by atoms with E-state index in [0.29, 0.717) is 0 Å². The lowest BCUT2D eigenvalue weighted by atomic mass is 10.0. The molecule has 1 aromatic rings. The van der Waals surface area contributed by atoms with Gasteiger partial charge in [-0.1, -0.05) is 18.6 Å². The molecule has 1 heterocycles. The van der Waals surface area contributed by atoms with E-state index in [1.807, 2.05) is 12.1 Å². The van der Waals surface area contributed by atoms with Crippen molar-refractivity contribution in [2.75, 3.05) is 6.54 Å². The van der Waals surface area contributed by atoms with Crippen LogP contribution in [0.5, 0.6) is 5.75 Å². The van der Waals surface area contributed by atoms with Gasteiger partial charge in [0.15, 0.2) is 0 Å². The fourth-order valence-electron chi connectivity index (χ4n) is 2.26. The van der Waals surface area contributed by atoms with Gasteiger partial charge in [0.05, 0.1) is 6.04 Å². The van der Waals surface area contributed by atoms with E-state index < -0.39 is 0 Å². The first-order valence-corrected chi connectivity index (χ1v) is 5.77. The van der Waals surface area contributed by atoms with Gasteiger partial charge in [-0.25, -0.2) is 0 Å². The number of phenolic OH excluding ortho intramolecular Hbond substituents is 1. The number of benzene rings is 1. The van der Waals surface area contributed by atoms with Crippen molar-refractivity contribution in [1.29, 1.82) is 0 Å². The number of likely N-dealkylation sites (tertiary alicyclic amines) is 1. The van der Waals surface area contributed by atoms with Crippen LogP contribution in [-0.4, -0.2) is 28.9 Å². The standard InChI is InChI=1S/C13H17NO2/c15-10-12-5-1-2-7-14(12)9-11-4-3-6-13(16)8-11/h3-4,6,8,10,12,16H,1-2,5,7,9H2. The van der Waals surface area contributed by atoms with Crippen LogP contribution in [0.2, 0.25) is 0 Å². The minimum absolute atomic E-state index is 0.0519. The van der Waals surface area contributed by atoms with Crippen molar-refractivity contribution >= 4 is 6.29 Å². The lowest BCUT2D eigenvalue weighted by Gasteiger charge is -2.32. The number of aldehydes is 1. The zero-order valence-corrected chi connectivity index (χ0v) is 9.30. The number of phenols is 1. The Labute approximate surface area is 95.7 Å². The Hall–Kier alpha value is -1.35. The SMILES string of the molecule is O=CC1CCCCN1Cc1cccc(O)c1. The summed E-state index contributed by atoms with van der Waals surface area (Å²) in [6.45, 7) is 1.72. The van der Waals surface area contributed by atoms with Gasteiger partial charge in [-0.05, 0) is 37.1 Å². The van der Waals surface area contributed by atoms with Gasteiger partial charge in [0.1, 0.15) is 12.0 Å². The minimum Gasteiger partial charge on any atom is -0.508 e. The minimum atomic E-state index is 0.0519. The van der Waals surface area contributed by atoms with Gasteiger partial charge in [0.2, 0.25) is 0 Å². The molecule has 0 bridgehead atoms. The Bertz CT molecular complexity index is 365. The van der Waals surface area contributed by atoms with Crippen LogP contribution in [-0.2, 0) is 11.3 Å². The Kier molecular flexibility index (Phi) is 3.57. The Morgan fingerprint density at radius 2 is 2.31 bits per heavy atom. The number of carbonyl (C=O) groups excluding carboxylic acids is 1. The van der Waals surface area contributed by atoms with Gasteiger partial charge in [0.25, 0.3) is 0 Å². The van der Waals surface area contributed by atoms with E-state index in [9.17, 15) is 9.90 Å². The van der Waals surface area contributed by atoms with E-state index in [1.54, 1.807) is 12.1 Å². The summed E-state index contributed by atoms with van der Waals surface area (Å²) in [5, 5.41) is 9.38. The van der Waals surface area contributed by atoms with Crippen LogP contribution in [0.3, 0.4) is 0 Å². The number of hydrogen-bond donors (Lipinski definition) is 1. The summed E-state index contributed by atoms with van der Waals surface area (Å²) in [6.07, 6.45) is 4.30. The molecule has 1 fully saturated rings. The molecule has 1 aliphatic heterocycles. The van der Waals surface area contributed by atoms with E-state index in [2.05, 4.69) is 4.90 Å². The molecule has 0 saturated carbocycles. The first-order chi connectivity index (χ1) is 7.79. The largest absolute Gasteiger partial charge is 0.508 e. The summed E-state index contributed by atoms with van der Waals surface area (Å²) < 4.78 is 0. The maximum Gasteiger partial charge on any atom is 0.137 e. The van der Waals surface area contributed by atoms with Gasteiger partial charge >= 0.3 is 0 Å². The van der Waals surface area contributed by atoms with Gasteiger partial charge in [-0.2, -0.15) is 0 Å². The Morgan fingerprint density at radius 3 is 3.06 bits per heavy atom. The zero-order valence-electron chi connectivity index (χ0n) is 9.30. The molecule has 0 amide bonds. The fraction of sp³-hybridized carbons (Fsp3) is 0.462. The van der Waals surface area contributed by atoms with Crippen molar-refractivity contribution < 1.29 is 9.90 Å². The first-order valence-electron chi connectivity index (χ1n) is 5.77. The highest BCUT2D eigenvalue weighted by atomic mass is 16.3. The summed E-state index contributed by atoms with van der Waals surface area (Å²) in [4.78, 5) is 13.1. The summed E-state index contributed by atoms with van der Waals surface area (Å²) >= 11 is 0. The van der Waals surface area contributed by atoms with Gasteiger partial charge < -0.3 is 9.90 Å². The third-order valence-corrected chi connectivity index (χ3v) is 3.12. The van der Waals surface area contributed by atoms with E-state index >= 15 is 0 Å². The molecule has 1 aromatic carbocycles. The molecule has 0 spiro atoms. The fourth-order valence-corrected chi connectivity index (χ4v) is 2.26. The number of aromatic hydroxyl groups is 1. The van der Waals surface area contributed by atoms with Gasteiger partial charge in [0, 0.05) is 6.54 Å². The molecular formula is C13H17NO2. The normalized spacial score (nSPS) is 21.9. The van der Waals surface area contributed by atoms with Crippen LogP contribution >= 0.6 is 0 Å². The number of rotatable bonds is 3. The maximum atomic E-state index is 10.9.